The summed E-state index contributed by atoms with van der Waals surface area (Å²) >= 11 is 0. The van der Waals surface area contributed by atoms with Crippen molar-refractivity contribution in [3.8, 4) is 0 Å². The number of hydrogen-bond acceptors (Lipinski definition) is 2. The molecule has 3 heteroatoms. The minimum atomic E-state index is -1.51. The molecule has 2 nitrogen and oxygen atoms in total. The van der Waals surface area contributed by atoms with Gasteiger partial charge in [-0.1, -0.05) is 19.8 Å². The van der Waals surface area contributed by atoms with Crippen LogP contribution < -0.4 is 10.8 Å². The fraction of sp³-hybridized carbons (Fsp3) is 1.00. The molecule has 0 saturated carbocycles. The van der Waals surface area contributed by atoms with E-state index < -0.39 is 8.40 Å². The summed E-state index contributed by atoms with van der Waals surface area (Å²) < 4.78 is 0. The highest BCUT2D eigenvalue weighted by molar-refractivity contribution is 6.85. The molecule has 0 aromatic carbocycles. The summed E-state index contributed by atoms with van der Waals surface area (Å²) in [4.78, 5) is 0. The fourth-order valence-electron chi connectivity index (χ4n) is 1.09. The Bertz CT molecular complexity index is 92.4. The minimum Gasteiger partial charge on any atom is -0.339 e. The van der Waals surface area contributed by atoms with E-state index in [9.17, 15) is 0 Å². The summed E-state index contributed by atoms with van der Waals surface area (Å²) in [7, 11) is -1.51. The summed E-state index contributed by atoms with van der Waals surface area (Å²) in [6, 6.07) is 1.17. The number of hydrogen-bond donors (Lipinski definition) is 2. The van der Waals surface area contributed by atoms with Gasteiger partial charge in [-0.05, 0) is 11.6 Å². The molecule has 0 aromatic heterocycles. The second-order valence-electron chi connectivity index (χ2n) is 2.80. The molecule has 1 saturated heterocycles. The van der Waals surface area contributed by atoms with Gasteiger partial charge in [-0.2, -0.15) is 0 Å². The first kappa shape index (κ1) is 6.26. The molecule has 4 N–H and O–H groups in total. The minimum absolute atomic E-state index is 0.757. The molecule has 8 heavy (non-hydrogen) atoms. The normalized spacial score (nSPS) is 32.6. The van der Waals surface area contributed by atoms with Crippen molar-refractivity contribution < 1.29 is 0 Å². The van der Waals surface area contributed by atoms with Crippen molar-refractivity contribution in [3.05, 3.63) is 0 Å². The van der Waals surface area contributed by atoms with E-state index in [-0.39, 0.29) is 0 Å². The molecule has 0 radical (unpaired) electrons. The van der Waals surface area contributed by atoms with Crippen molar-refractivity contribution in [2.75, 3.05) is 0 Å². The average Bonchev–Trinajstić information content (AvgIpc) is 2.15. The van der Waals surface area contributed by atoms with Crippen LogP contribution in [0.5, 0.6) is 0 Å². The maximum atomic E-state index is 5.71. The molecule has 0 aromatic rings. The first-order chi connectivity index (χ1) is 3.67. The summed E-state index contributed by atoms with van der Waals surface area (Å²) in [5.41, 5.74) is 0.757. The highest BCUT2D eigenvalue weighted by Gasteiger charge is 2.50. The van der Waals surface area contributed by atoms with Crippen LogP contribution >= 0.6 is 0 Å². The van der Waals surface area contributed by atoms with Crippen LogP contribution in [0.4, 0.5) is 0 Å². The maximum absolute atomic E-state index is 5.71. The molecule has 0 spiro atoms. The molecule has 1 heterocycles. The van der Waals surface area contributed by atoms with E-state index in [0.717, 1.165) is 5.54 Å². The zero-order valence-corrected chi connectivity index (χ0v) is 6.35. The van der Waals surface area contributed by atoms with Crippen molar-refractivity contribution >= 4 is 8.40 Å². The molecular formula is C5H14N2Si. The van der Waals surface area contributed by atoms with E-state index >= 15 is 0 Å². The van der Waals surface area contributed by atoms with Crippen LogP contribution in [0.2, 0.25) is 11.6 Å². The molecule has 1 unspecified atom stereocenters. The van der Waals surface area contributed by atoms with Crippen molar-refractivity contribution in [2.24, 2.45) is 10.8 Å². The molecule has 48 valence electrons. The highest BCUT2D eigenvalue weighted by Crippen LogP contribution is 2.43. The van der Waals surface area contributed by atoms with Crippen LogP contribution in [0.1, 0.15) is 19.8 Å². The number of nitrogens with two attached hydrogens (primary N) is 2. The van der Waals surface area contributed by atoms with Crippen molar-refractivity contribution in [2.45, 2.75) is 31.4 Å². The van der Waals surface area contributed by atoms with Gasteiger partial charge in [0.2, 0.25) is 0 Å². The van der Waals surface area contributed by atoms with Crippen LogP contribution in [-0.2, 0) is 0 Å². The quantitative estimate of drug-likeness (QED) is 0.536. The van der Waals surface area contributed by atoms with Gasteiger partial charge in [-0.25, -0.2) is 0 Å². The van der Waals surface area contributed by atoms with E-state index in [1.54, 1.807) is 0 Å². The molecule has 1 atom stereocenters. The topological polar surface area (TPSA) is 52.0 Å². The fourth-order valence-corrected chi connectivity index (χ4v) is 3.56. The predicted octanol–water partition coefficient (Wildman–Crippen LogP) is 0.530. The lowest BCUT2D eigenvalue weighted by Gasteiger charge is -1.96. The Labute approximate surface area is 51.4 Å². The molecule has 1 rings (SSSR count). The standard InChI is InChI=1S/C5H14N2Si/c1-2-3-5-4-8(5,6)7/h5H,2-4,6-7H2,1H3. The third-order valence-electron chi connectivity index (χ3n) is 1.84. The van der Waals surface area contributed by atoms with Crippen LogP contribution in [0, 0.1) is 0 Å². The molecule has 0 amide bonds. The Balaban J connectivity index is 2.17. The molecule has 0 bridgehead atoms. The van der Waals surface area contributed by atoms with Gasteiger partial charge in [0, 0.05) is 0 Å². The van der Waals surface area contributed by atoms with Gasteiger partial charge < -0.3 is 10.8 Å². The molecule has 0 aliphatic carbocycles. The Hall–Kier alpha value is 0.137. The second-order valence-corrected chi connectivity index (χ2v) is 6.25. The van der Waals surface area contributed by atoms with Crippen LogP contribution in [0.25, 0.3) is 0 Å². The third-order valence-corrected chi connectivity index (χ3v) is 4.53. The van der Waals surface area contributed by atoms with Gasteiger partial charge in [0.1, 0.15) is 0 Å². The summed E-state index contributed by atoms with van der Waals surface area (Å²) in [5, 5.41) is 11.4. The summed E-state index contributed by atoms with van der Waals surface area (Å²) in [6.45, 7) is 2.18. The lowest BCUT2D eigenvalue weighted by Crippen LogP contribution is -2.41. The molecular weight excluding hydrogens is 116 g/mol. The second kappa shape index (κ2) is 1.82. The Kier molecular flexibility index (Phi) is 1.43. The first-order valence-electron chi connectivity index (χ1n) is 3.24. The molecule has 1 fully saturated rings. The Morgan fingerprint density at radius 3 is 2.25 bits per heavy atom. The predicted molar refractivity (Wildman–Crippen MR) is 37.6 cm³/mol. The van der Waals surface area contributed by atoms with Crippen LogP contribution in [0.15, 0.2) is 0 Å². The van der Waals surface area contributed by atoms with Gasteiger partial charge in [-0.15, -0.1) is 0 Å². The van der Waals surface area contributed by atoms with Crippen molar-refractivity contribution in [3.63, 3.8) is 0 Å². The van der Waals surface area contributed by atoms with Crippen molar-refractivity contribution in [1.29, 1.82) is 0 Å². The third kappa shape index (κ3) is 1.10. The Morgan fingerprint density at radius 2 is 2.12 bits per heavy atom. The van der Waals surface area contributed by atoms with Gasteiger partial charge in [0.05, 0.1) is 0 Å². The highest BCUT2D eigenvalue weighted by atomic mass is 28.4. The largest absolute Gasteiger partial charge is 0.339 e. The van der Waals surface area contributed by atoms with E-state index in [1.807, 2.05) is 0 Å². The van der Waals surface area contributed by atoms with E-state index in [2.05, 4.69) is 6.92 Å². The maximum Gasteiger partial charge on any atom is 0.199 e. The van der Waals surface area contributed by atoms with Crippen molar-refractivity contribution in [1.82, 2.24) is 0 Å². The van der Waals surface area contributed by atoms with E-state index in [4.69, 9.17) is 10.8 Å². The zero-order chi connectivity index (χ0) is 6.20. The molecule has 1 aliphatic heterocycles. The smallest absolute Gasteiger partial charge is 0.199 e. The first-order valence-corrected chi connectivity index (χ1v) is 5.68. The van der Waals surface area contributed by atoms with Gasteiger partial charge in [-0.3, -0.25) is 0 Å². The zero-order valence-electron chi connectivity index (χ0n) is 5.35. The monoisotopic (exact) mass is 130 g/mol. The lowest BCUT2D eigenvalue weighted by molar-refractivity contribution is 0.812. The average molecular weight is 130 g/mol. The lowest BCUT2D eigenvalue weighted by atomic mass is 10.3. The van der Waals surface area contributed by atoms with Gasteiger partial charge >= 0.3 is 0 Å². The van der Waals surface area contributed by atoms with E-state index in [1.165, 1.54) is 18.9 Å². The summed E-state index contributed by atoms with van der Waals surface area (Å²) in [6.07, 6.45) is 2.51. The number of rotatable bonds is 2. The Morgan fingerprint density at radius 1 is 1.62 bits per heavy atom. The van der Waals surface area contributed by atoms with Gasteiger partial charge in [0.25, 0.3) is 0 Å². The molecule has 1 aliphatic rings. The summed E-state index contributed by atoms with van der Waals surface area (Å²) in [5.74, 6) is 0. The van der Waals surface area contributed by atoms with Gasteiger partial charge in [0.15, 0.2) is 8.40 Å². The SMILES string of the molecule is CCCC1C[Si]1(N)N. The van der Waals surface area contributed by atoms with Crippen LogP contribution in [-0.4, -0.2) is 8.40 Å². The van der Waals surface area contributed by atoms with Crippen LogP contribution in [0.3, 0.4) is 0 Å². The van der Waals surface area contributed by atoms with E-state index in [0.29, 0.717) is 0 Å².